The maximum atomic E-state index is 13.7. The minimum absolute atomic E-state index is 0.00601. The minimum Gasteiger partial charge on any atom is -0.493 e. The molecule has 0 spiro atoms. The van der Waals surface area contributed by atoms with Crippen LogP contribution in [-0.2, 0) is 42.7 Å². The Bertz CT molecular complexity index is 1700. The molecule has 2 aromatic rings. The summed E-state index contributed by atoms with van der Waals surface area (Å²) in [7, 11) is 2.81. The highest BCUT2D eigenvalue weighted by Gasteiger charge is 2.56. The Kier molecular flexibility index (Phi) is 9.55. The molecule has 4 fully saturated rings. The summed E-state index contributed by atoms with van der Waals surface area (Å²) in [6, 6.07) is 6.86. The van der Waals surface area contributed by atoms with Crippen molar-refractivity contribution in [2.24, 2.45) is 11.8 Å². The van der Waals surface area contributed by atoms with Crippen molar-refractivity contribution in [1.29, 1.82) is 0 Å². The standard InChI is InChI=1S/C36H42O17/c1-15-43-13-25-32(49-15)28(37)29(38)34(50-25)51-30-19-9-22-21(46-14-47-22)8-18(19)26(27-20(30)12-44-33(27)39)16-6-23(41-4)31(24(7-16)42-5)52-35(40)45-10-17-11-48-36(2,3)53-17/h6-9,15,17,20,25-30,32,34,37-38H,10-14H2,1-5H3/t15-,17?,20-,25+,26+,27-,28+,29+,30+,32+,34-/m0/s1. The largest absolute Gasteiger partial charge is 0.514 e. The molecule has 53 heavy (non-hydrogen) atoms. The van der Waals surface area contributed by atoms with Gasteiger partial charge in [-0.25, -0.2) is 4.79 Å². The van der Waals surface area contributed by atoms with Crippen LogP contribution in [0.2, 0.25) is 0 Å². The van der Waals surface area contributed by atoms with Crippen LogP contribution in [0.1, 0.15) is 49.5 Å². The van der Waals surface area contributed by atoms with Gasteiger partial charge in [0.2, 0.25) is 12.5 Å². The molecule has 17 heteroatoms. The third-order valence-electron chi connectivity index (χ3n) is 10.4. The van der Waals surface area contributed by atoms with E-state index >= 15 is 0 Å². The fraction of sp³-hybridized carbons (Fsp3) is 0.611. The number of hydrogen-bond donors (Lipinski definition) is 2. The van der Waals surface area contributed by atoms with E-state index in [1.165, 1.54) is 14.2 Å². The van der Waals surface area contributed by atoms with Crippen LogP contribution in [0.15, 0.2) is 24.3 Å². The van der Waals surface area contributed by atoms with Gasteiger partial charge >= 0.3 is 12.1 Å². The quantitative estimate of drug-likeness (QED) is 0.295. The second-order valence-corrected chi connectivity index (χ2v) is 14.1. The number of rotatable bonds is 8. The first-order valence-corrected chi connectivity index (χ1v) is 17.4. The zero-order valence-electron chi connectivity index (χ0n) is 29.7. The Balaban J connectivity index is 1.12. The Morgan fingerprint density at radius 1 is 0.925 bits per heavy atom. The molecule has 4 saturated heterocycles. The molecular weight excluding hydrogens is 704 g/mol. The molecule has 5 heterocycles. The molecule has 0 aromatic heterocycles. The van der Waals surface area contributed by atoms with Crippen LogP contribution >= 0.6 is 0 Å². The summed E-state index contributed by atoms with van der Waals surface area (Å²) in [5.74, 6) is -2.17. The van der Waals surface area contributed by atoms with Gasteiger partial charge < -0.3 is 71.8 Å². The minimum atomic E-state index is -1.48. The van der Waals surface area contributed by atoms with Crippen LogP contribution in [0.25, 0.3) is 0 Å². The molecule has 2 N–H and O–H groups in total. The first kappa shape index (κ1) is 36.1. The van der Waals surface area contributed by atoms with Gasteiger partial charge in [0.05, 0.1) is 46.1 Å². The van der Waals surface area contributed by atoms with E-state index in [2.05, 4.69) is 0 Å². The van der Waals surface area contributed by atoms with Crippen molar-refractivity contribution in [3.8, 4) is 28.7 Å². The number of fused-ring (bicyclic) bond motifs is 4. The molecule has 6 aliphatic rings. The van der Waals surface area contributed by atoms with Crippen molar-refractivity contribution in [1.82, 2.24) is 0 Å². The van der Waals surface area contributed by atoms with Gasteiger partial charge in [-0.05, 0) is 61.7 Å². The van der Waals surface area contributed by atoms with E-state index in [4.69, 9.17) is 61.6 Å². The second-order valence-electron chi connectivity index (χ2n) is 14.1. The fourth-order valence-electron chi connectivity index (χ4n) is 7.94. The van der Waals surface area contributed by atoms with Crippen LogP contribution in [0, 0.1) is 11.8 Å². The van der Waals surface area contributed by atoms with E-state index in [0.717, 1.165) is 0 Å². The van der Waals surface area contributed by atoms with E-state index in [1.807, 2.05) is 0 Å². The Hall–Kier alpha value is -3.94. The van der Waals surface area contributed by atoms with Crippen molar-refractivity contribution in [2.45, 2.75) is 81.7 Å². The van der Waals surface area contributed by atoms with E-state index in [9.17, 15) is 19.8 Å². The predicted molar refractivity (Wildman–Crippen MR) is 174 cm³/mol. The highest BCUT2D eigenvalue weighted by molar-refractivity contribution is 5.79. The summed E-state index contributed by atoms with van der Waals surface area (Å²) < 4.78 is 74.6. The van der Waals surface area contributed by atoms with Gasteiger partial charge in [-0.15, -0.1) is 0 Å². The van der Waals surface area contributed by atoms with Gasteiger partial charge in [-0.3, -0.25) is 4.79 Å². The summed E-state index contributed by atoms with van der Waals surface area (Å²) >= 11 is 0. The normalized spacial score (nSPS) is 35.1. The van der Waals surface area contributed by atoms with Crippen LogP contribution in [-0.4, -0.2) is 119 Å². The fourth-order valence-corrected chi connectivity index (χ4v) is 7.94. The monoisotopic (exact) mass is 746 g/mol. The summed E-state index contributed by atoms with van der Waals surface area (Å²) in [5, 5.41) is 22.2. The highest BCUT2D eigenvalue weighted by atomic mass is 16.8. The second kappa shape index (κ2) is 14.0. The van der Waals surface area contributed by atoms with Gasteiger partial charge in [0.1, 0.15) is 37.1 Å². The number of hydrogen-bond acceptors (Lipinski definition) is 17. The van der Waals surface area contributed by atoms with E-state index in [-0.39, 0.29) is 50.5 Å². The maximum Gasteiger partial charge on any atom is 0.514 e. The number of aliphatic hydroxyl groups excluding tert-OH is 2. The lowest BCUT2D eigenvalue weighted by Gasteiger charge is -2.47. The maximum absolute atomic E-state index is 13.7. The first-order chi connectivity index (χ1) is 25.4. The molecule has 2 aromatic carbocycles. The van der Waals surface area contributed by atoms with Crippen LogP contribution < -0.4 is 23.7 Å². The van der Waals surface area contributed by atoms with Gasteiger partial charge in [0, 0.05) is 11.8 Å². The molecular formula is C36H42O17. The lowest BCUT2D eigenvalue weighted by molar-refractivity contribution is -0.364. The van der Waals surface area contributed by atoms with E-state index in [1.54, 1.807) is 45.0 Å². The third kappa shape index (κ3) is 6.62. The molecule has 8 rings (SSSR count). The topological polar surface area (TPSA) is 195 Å². The number of benzene rings is 2. The molecule has 17 nitrogen and oxygen atoms in total. The summed E-state index contributed by atoms with van der Waals surface area (Å²) in [5.41, 5.74) is 1.84. The van der Waals surface area contributed by atoms with Crippen molar-refractivity contribution < 1.29 is 81.4 Å². The smallest absolute Gasteiger partial charge is 0.493 e. The number of ether oxygens (including phenoxy) is 13. The van der Waals surface area contributed by atoms with Crippen molar-refractivity contribution in [2.75, 3.05) is 47.4 Å². The highest BCUT2D eigenvalue weighted by Crippen LogP contribution is 2.57. The molecule has 0 amide bonds. The molecule has 11 atom stereocenters. The van der Waals surface area contributed by atoms with Crippen molar-refractivity contribution in [3.05, 3.63) is 41.0 Å². The van der Waals surface area contributed by atoms with Gasteiger partial charge in [0.15, 0.2) is 41.4 Å². The molecule has 0 radical (unpaired) electrons. The van der Waals surface area contributed by atoms with Crippen molar-refractivity contribution in [3.63, 3.8) is 0 Å². The van der Waals surface area contributed by atoms with E-state index in [0.29, 0.717) is 28.2 Å². The van der Waals surface area contributed by atoms with Crippen LogP contribution in [0.4, 0.5) is 4.79 Å². The zero-order valence-corrected chi connectivity index (χ0v) is 29.7. The van der Waals surface area contributed by atoms with Crippen LogP contribution in [0.3, 0.4) is 0 Å². The SMILES string of the molecule is COc1cc([C@@H]2c3cc4c(cc3[C@@H](O[C@@H]3O[C@@H]5CO[C@H](C)O[C@H]5[C@H](O)[C@H]3O)[C@H]3COC(=O)[C@H]23)OCO4)cc(OC)c1OC(=O)OCC1COC(C)(C)O1. The first-order valence-electron chi connectivity index (χ1n) is 17.4. The molecule has 0 saturated carbocycles. The lowest BCUT2D eigenvalue weighted by Crippen LogP contribution is -2.63. The third-order valence-corrected chi connectivity index (χ3v) is 10.4. The number of methoxy groups -OCH3 is 2. The zero-order chi connectivity index (χ0) is 37.2. The lowest BCUT2D eigenvalue weighted by atomic mass is 9.66. The van der Waals surface area contributed by atoms with Gasteiger partial charge in [-0.1, -0.05) is 0 Å². The molecule has 5 aliphatic heterocycles. The summed E-state index contributed by atoms with van der Waals surface area (Å²) in [4.78, 5) is 26.5. The summed E-state index contributed by atoms with van der Waals surface area (Å²) in [6.07, 6.45) is -8.57. The average Bonchev–Trinajstić information content (AvgIpc) is 3.86. The number of aliphatic hydroxyl groups is 2. The van der Waals surface area contributed by atoms with Crippen LogP contribution in [0.5, 0.6) is 28.7 Å². The number of carbonyl (C=O) groups is 2. The molecule has 1 aliphatic carbocycles. The molecule has 288 valence electrons. The number of carbonyl (C=O) groups excluding carboxylic acids is 2. The van der Waals surface area contributed by atoms with Crippen molar-refractivity contribution >= 4 is 12.1 Å². The van der Waals surface area contributed by atoms with Gasteiger partial charge in [0.25, 0.3) is 0 Å². The number of cyclic esters (lactones) is 1. The Morgan fingerprint density at radius 3 is 2.32 bits per heavy atom. The van der Waals surface area contributed by atoms with Gasteiger partial charge in [-0.2, -0.15) is 0 Å². The van der Waals surface area contributed by atoms with E-state index < -0.39 is 84.9 Å². The Morgan fingerprint density at radius 2 is 1.64 bits per heavy atom. The number of esters is 1. The summed E-state index contributed by atoms with van der Waals surface area (Å²) in [6.45, 7) is 5.48. The Labute approximate surface area is 304 Å². The molecule has 0 bridgehead atoms. The average molecular weight is 747 g/mol. The molecule has 1 unspecified atom stereocenters. The predicted octanol–water partition coefficient (Wildman–Crippen LogP) is 2.30.